The SMILES string of the molecule is CCOC(=O)C(C#N)=C1C(=O)N(CC)c2ccccc21. The molecule has 1 aliphatic heterocycles. The molecular weight excluding hydrogens is 256 g/mol. The van der Waals surface area contributed by atoms with E-state index in [1.807, 2.05) is 13.0 Å². The van der Waals surface area contributed by atoms with E-state index in [-0.39, 0.29) is 23.7 Å². The Morgan fingerprint density at radius 2 is 2.05 bits per heavy atom. The summed E-state index contributed by atoms with van der Waals surface area (Å²) in [6.07, 6.45) is 0. The van der Waals surface area contributed by atoms with Crippen LogP contribution in [0.4, 0.5) is 5.69 Å². The molecule has 0 saturated carbocycles. The number of carbonyl (C=O) groups excluding carboxylic acids is 2. The number of esters is 1. The van der Waals surface area contributed by atoms with Crippen LogP contribution in [-0.2, 0) is 14.3 Å². The Bertz CT molecular complexity index is 641. The number of benzene rings is 1. The molecule has 1 amide bonds. The van der Waals surface area contributed by atoms with Crippen molar-refractivity contribution in [2.24, 2.45) is 0 Å². The van der Waals surface area contributed by atoms with Crippen LogP contribution in [0.2, 0.25) is 0 Å². The van der Waals surface area contributed by atoms with Crippen molar-refractivity contribution < 1.29 is 14.3 Å². The quantitative estimate of drug-likeness (QED) is 0.478. The zero-order valence-corrected chi connectivity index (χ0v) is 11.3. The number of nitrogens with zero attached hydrogens (tertiary/aromatic N) is 2. The second kappa shape index (κ2) is 5.57. The lowest BCUT2D eigenvalue weighted by Crippen LogP contribution is -2.26. The van der Waals surface area contributed by atoms with Crippen molar-refractivity contribution in [1.29, 1.82) is 5.26 Å². The third kappa shape index (κ3) is 2.05. The standard InChI is InChI=1S/C15H14N2O3/c1-3-17-12-8-6-5-7-10(12)13(14(17)18)11(9-16)15(19)20-4-2/h5-8H,3-4H2,1-2H3. The maximum absolute atomic E-state index is 12.4. The van der Waals surface area contributed by atoms with Crippen LogP contribution < -0.4 is 4.90 Å². The average Bonchev–Trinajstić information content (AvgIpc) is 2.73. The fraction of sp³-hybridized carbons (Fsp3) is 0.267. The summed E-state index contributed by atoms with van der Waals surface area (Å²) in [5.74, 6) is -1.09. The first-order chi connectivity index (χ1) is 9.65. The first kappa shape index (κ1) is 13.8. The Hall–Kier alpha value is -2.61. The summed E-state index contributed by atoms with van der Waals surface area (Å²) in [4.78, 5) is 25.8. The van der Waals surface area contributed by atoms with Crippen LogP contribution in [0.3, 0.4) is 0 Å². The molecule has 0 saturated heterocycles. The molecule has 1 aliphatic rings. The normalized spacial score (nSPS) is 15.7. The minimum absolute atomic E-state index is 0.128. The molecule has 0 fully saturated rings. The molecule has 0 spiro atoms. The zero-order valence-electron chi connectivity index (χ0n) is 11.3. The highest BCUT2D eigenvalue weighted by atomic mass is 16.5. The summed E-state index contributed by atoms with van der Waals surface area (Å²) in [7, 11) is 0. The summed E-state index contributed by atoms with van der Waals surface area (Å²) >= 11 is 0. The third-order valence-corrected chi connectivity index (χ3v) is 3.08. The number of rotatable bonds is 3. The minimum Gasteiger partial charge on any atom is -0.462 e. The molecule has 1 aromatic carbocycles. The molecule has 5 heteroatoms. The molecule has 0 unspecified atom stereocenters. The Morgan fingerprint density at radius 1 is 1.35 bits per heavy atom. The fourth-order valence-electron chi connectivity index (χ4n) is 2.24. The van der Waals surface area contributed by atoms with Crippen molar-refractivity contribution in [3.63, 3.8) is 0 Å². The molecule has 0 bridgehead atoms. The van der Waals surface area contributed by atoms with Gasteiger partial charge in [-0.25, -0.2) is 4.79 Å². The smallest absolute Gasteiger partial charge is 0.349 e. The summed E-state index contributed by atoms with van der Waals surface area (Å²) in [5, 5.41) is 9.21. The second-order valence-electron chi connectivity index (χ2n) is 4.15. The molecule has 0 N–H and O–H groups in total. The van der Waals surface area contributed by atoms with E-state index in [0.29, 0.717) is 17.8 Å². The Morgan fingerprint density at radius 3 is 2.65 bits per heavy atom. The van der Waals surface area contributed by atoms with E-state index in [2.05, 4.69) is 0 Å². The first-order valence-electron chi connectivity index (χ1n) is 6.38. The maximum atomic E-state index is 12.4. The summed E-state index contributed by atoms with van der Waals surface area (Å²) < 4.78 is 4.85. The maximum Gasteiger partial charge on any atom is 0.349 e. The predicted molar refractivity (Wildman–Crippen MR) is 73.6 cm³/mol. The zero-order chi connectivity index (χ0) is 14.7. The van der Waals surface area contributed by atoms with Crippen molar-refractivity contribution >= 4 is 23.1 Å². The highest BCUT2D eigenvalue weighted by Crippen LogP contribution is 2.38. The van der Waals surface area contributed by atoms with Crippen LogP contribution in [0, 0.1) is 11.3 Å². The Labute approximate surface area is 117 Å². The van der Waals surface area contributed by atoms with Crippen LogP contribution in [0.1, 0.15) is 19.4 Å². The molecule has 0 aromatic heterocycles. The molecule has 2 rings (SSSR count). The molecule has 5 nitrogen and oxygen atoms in total. The van der Waals surface area contributed by atoms with E-state index in [0.717, 1.165) is 0 Å². The number of hydrogen-bond acceptors (Lipinski definition) is 4. The van der Waals surface area contributed by atoms with E-state index in [9.17, 15) is 14.9 Å². The van der Waals surface area contributed by atoms with E-state index < -0.39 is 5.97 Å². The number of hydrogen-bond donors (Lipinski definition) is 0. The van der Waals surface area contributed by atoms with E-state index >= 15 is 0 Å². The number of amides is 1. The minimum atomic E-state index is -0.758. The van der Waals surface area contributed by atoms with Gasteiger partial charge in [0.15, 0.2) is 5.57 Å². The summed E-state index contributed by atoms with van der Waals surface area (Å²) in [5.41, 5.74) is 1.21. The second-order valence-corrected chi connectivity index (χ2v) is 4.15. The number of ether oxygens (including phenoxy) is 1. The third-order valence-electron chi connectivity index (χ3n) is 3.08. The number of likely N-dealkylation sites (N-methyl/N-ethyl adjacent to an activating group) is 1. The van der Waals surface area contributed by atoms with Gasteiger partial charge < -0.3 is 9.64 Å². The molecule has 0 atom stereocenters. The molecule has 20 heavy (non-hydrogen) atoms. The lowest BCUT2D eigenvalue weighted by atomic mass is 10.0. The summed E-state index contributed by atoms with van der Waals surface area (Å²) in [6.45, 7) is 4.12. The average molecular weight is 270 g/mol. The number of carbonyl (C=O) groups is 2. The van der Waals surface area contributed by atoms with Gasteiger partial charge in [-0.05, 0) is 19.9 Å². The first-order valence-corrected chi connectivity index (χ1v) is 6.38. The molecule has 1 aromatic rings. The monoisotopic (exact) mass is 270 g/mol. The number of fused-ring (bicyclic) bond motifs is 1. The van der Waals surface area contributed by atoms with Crippen molar-refractivity contribution in [1.82, 2.24) is 0 Å². The molecule has 0 radical (unpaired) electrons. The van der Waals surface area contributed by atoms with Crippen LogP contribution in [-0.4, -0.2) is 25.0 Å². The predicted octanol–water partition coefficient (Wildman–Crippen LogP) is 1.89. The van der Waals surface area contributed by atoms with E-state index in [1.54, 1.807) is 36.1 Å². The van der Waals surface area contributed by atoms with Crippen molar-refractivity contribution in [3.05, 3.63) is 35.4 Å². The molecule has 102 valence electrons. The van der Waals surface area contributed by atoms with Gasteiger partial charge in [0.1, 0.15) is 6.07 Å². The van der Waals surface area contributed by atoms with Gasteiger partial charge in [0.25, 0.3) is 5.91 Å². The molecule has 0 aliphatic carbocycles. The number of anilines is 1. The molecule has 1 heterocycles. The lowest BCUT2D eigenvalue weighted by molar-refractivity contribution is -0.138. The fourth-order valence-corrected chi connectivity index (χ4v) is 2.24. The highest BCUT2D eigenvalue weighted by Gasteiger charge is 2.35. The van der Waals surface area contributed by atoms with Gasteiger partial charge in [-0.3, -0.25) is 4.79 Å². The Balaban J connectivity index is 2.65. The number of para-hydroxylation sites is 1. The van der Waals surface area contributed by atoms with Crippen LogP contribution in [0.25, 0.3) is 5.57 Å². The van der Waals surface area contributed by atoms with Crippen molar-refractivity contribution in [2.45, 2.75) is 13.8 Å². The van der Waals surface area contributed by atoms with Crippen LogP contribution >= 0.6 is 0 Å². The number of nitriles is 1. The van der Waals surface area contributed by atoms with Crippen LogP contribution in [0.5, 0.6) is 0 Å². The lowest BCUT2D eigenvalue weighted by Gasteiger charge is -2.13. The van der Waals surface area contributed by atoms with Gasteiger partial charge in [-0.15, -0.1) is 0 Å². The van der Waals surface area contributed by atoms with E-state index in [4.69, 9.17) is 4.74 Å². The Kier molecular flexibility index (Phi) is 3.85. The van der Waals surface area contributed by atoms with Gasteiger partial charge in [0, 0.05) is 12.1 Å². The van der Waals surface area contributed by atoms with Crippen molar-refractivity contribution in [3.8, 4) is 6.07 Å². The van der Waals surface area contributed by atoms with Gasteiger partial charge >= 0.3 is 5.97 Å². The topological polar surface area (TPSA) is 70.4 Å². The van der Waals surface area contributed by atoms with Gasteiger partial charge in [-0.2, -0.15) is 5.26 Å². The van der Waals surface area contributed by atoms with Crippen molar-refractivity contribution in [2.75, 3.05) is 18.1 Å². The molecular formula is C15H14N2O3. The summed E-state index contributed by atoms with van der Waals surface area (Å²) in [6, 6.07) is 8.91. The van der Waals surface area contributed by atoms with Gasteiger partial charge in [0.05, 0.1) is 17.9 Å². The largest absolute Gasteiger partial charge is 0.462 e. The highest BCUT2D eigenvalue weighted by molar-refractivity contribution is 6.36. The van der Waals surface area contributed by atoms with Gasteiger partial charge in [0.2, 0.25) is 0 Å². The van der Waals surface area contributed by atoms with E-state index in [1.165, 1.54) is 0 Å². The van der Waals surface area contributed by atoms with Crippen LogP contribution in [0.15, 0.2) is 29.8 Å². The van der Waals surface area contributed by atoms with Gasteiger partial charge in [-0.1, -0.05) is 18.2 Å².